The number of carboxylic acids is 1. The first-order valence-electron chi connectivity index (χ1n) is 9.90. The molecule has 5 nitrogen and oxygen atoms in total. The van der Waals surface area contributed by atoms with Gasteiger partial charge in [-0.3, -0.25) is 0 Å². The molecule has 2 fully saturated rings. The molecule has 0 spiro atoms. The Hall–Kier alpha value is -3.00. The van der Waals surface area contributed by atoms with Crippen LogP contribution in [0.25, 0.3) is 0 Å². The van der Waals surface area contributed by atoms with E-state index in [4.69, 9.17) is 10.00 Å². The summed E-state index contributed by atoms with van der Waals surface area (Å²) in [4.78, 5) is 11.8. The number of anilines is 1. The number of hydrogen-bond donors (Lipinski definition) is 2. The highest BCUT2D eigenvalue weighted by molar-refractivity contribution is 5.95. The molecule has 5 unspecified atom stereocenters. The Kier molecular flexibility index (Phi) is 4.01. The van der Waals surface area contributed by atoms with Crippen LogP contribution in [0.2, 0.25) is 0 Å². The molecule has 0 aromatic heterocycles. The van der Waals surface area contributed by atoms with Crippen LogP contribution in [-0.2, 0) is 0 Å². The first-order valence-corrected chi connectivity index (χ1v) is 9.90. The molecule has 2 aromatic rings. The Morgan fingerprint density at radius 1 is 1.18 bits per heavy atom. The number of fused-ring (bicyclic) bond motifs is 7. The number of aromatic carboxylic acids is 1. The van der Waals surface area contributed by atoms with Crippen molar-refractivity contribution in [1.29, 1.82) is 5.26 Å². The fourth-order valence-corrected chi connectivity index (χ4v) is 5.91. The zero-order chi connectivity index (χ0) is 19.3. The average Bonchev–Trinajstić information content (AvgIpc) is 3.34. The van der Waals surface area contributed by atoms with E-state index in [1.807, 2.05) is 36.4 Å². The molecule has 1 heterocycles. The van der Waals surface area contributed by atoms with Gasteiger partial charge in [-0.15, -0.1) is 0 Å². The number of para-hydroxylation sites is 1. The predicted octanol–water partition coefficient (Wildman–Crippen LogP) is 4.58. The maximum absolute atomic E-state index is 11.8. The maximum Gasteiger partial charge on any atom is 0.337 e. The van der Waals surface area contributed by atoms with E-state index in [0.717, 1.165) is 11.3 Å². The highest BCUT2D eigenvalue weighted by Crippen LogP contribution is 2.64. The average molecular weight is 374 g/mol. The van der Waals surface area contributed by atoms with Gasteiger partial charge in [-0.1, -0.05) is 24.3 Å². The molecule has 1 aliphatic heterocycles. The molecular formula is C23H22N2O3. The zero-order valence-corrected chi connectivity index (χ0v) is 15.5. The molecule has 28 heavy (non-hydrogen) atoms. The Labute approximate surface area is 163 Å². The summed E-state index contributed by atoms with van der Waals surface area (Å²) in [7, 11) is 0. The summed E-state index contributed by atoms with van der Waals surface area (Å²) < 4.78 is 5.38. The van der Waals surface area contributed by atoms with Gasteiger partial charge in [0.25, 0.3) is 0 Å². The molecule has 0 radical (unpaired) electrons. The third kappa shape index (κ3) is 2.56. The first kappa shape index (κ1) is 17.1. The van der Waals surface area contributed by atoms with Crippen molar-refractivity contribution in [2.75, 3.05) is 11.9 Å². The van der Waals surface area contributed by atoms with Crippen molar-refractivity contribution >= 4 is 11.7 Å². The van der Waals surface area contributed by atoms with Crippen molar-refractivity contribution in [1.82, 2.24) is 0 Å². The number of carboxylic acid groups (broad SMARTS) is 1. The molecule has 5 heteroatoms. The number of nitrogens with one attached hydrogen (secondary N) is 1. The maximum atomic E-state index is 11.8. The normalized spacial score (nSPS) is 29.3. The standard InChI is InChI=1S/C23H22N2O3/c24-10-11-28-16-8-6-13(7-9-16)21-20-15-5-4-14(12-15)19(20)17-2-1-3-18(23(26)27)22(17)25-21/h1-3,6-9,14-15,19-21,25H,4-5,11-12H2,(H,26,27). The minimum atomic E-state index is -0.884. The van der Waals surface area contributed by atoms with Crippen LogP contribution in [0.1, 0.15) is 52.7 Å². The predicted molar refractivity (Wildman–Crippen MR) is 104 cm³/mol. The van der Waals surface area contributed by atoms with Gasteiger partial charge in [0.2, 0.25) is 0 Å². The molecule has 0 saturated heterocycles. The summed E-state index contributed by atoms with van der Waals surface area (Å²) in [6.45, 7) is 0.0326. The lowest BCUT2D eigenvalue weighted by molar-refractivity contribution is 0.0697. The number of nitrogens with zero attached hydrogens (tertiary/aromatic N) is 1. The van der Waals surface area contributed by atoms with Gasteiger partial charge < -0.3 is 15.2 Å². The molecule has 2 bridgehead atoms. The number of hydrogen-bond acceptors (Lipinski definition) is 4. The van der Waals surface area contributed by atoms with E-state index in [1.54, 1.807) is 6.07 Å². The molecule has 2 aliphatic carbocycles. The van der Waals surface area contributed by atoms with Crippen LogP contribution in [0.5, 0.6) is 5.75 Å². The van der Waals surface area contributed by atoms with Crippen molar-refractivity contribution in [2.24, 2.45) is 17.8 Å². The number of nitriles is 1. The molecule has 0 amide bonds. The van der Waals surface area contributed by atoms with Gasteiger partial charge in [-0.05, 0) is 72.3 Å². The fraction of sp³-hybridized carbons (Fsp3) is 0.391. The lowest BCUT2D eigenvalue weighted by Crippen LogP contribution is -2.36. The topological polar surface area (TPSA) is 82.3 Å². The summed E-state index contributed by atoms with van der Waals surface area (Å²) in [5.74, 6) is 2.04. The second kappa shape index (κ2) is 6.56. The third-order valence-corrected chi connectivity index (χ3v) is 6.89. The Morgan fingerprint density at radius 3 is 2.71 bits per heavy atom. The molecule has 2 aromatic carbocycles. The van der Waals surface area contributed by atoms with E-state index >= 15 is 0 Å². The summed E-state index contributed by atoms with van der Waals surface area (Å²) in [6.07, 6.45) is 3.76. The van der Waals surface area contributed by atoms with Crippen LogP contribution in [0.4, 0.5) is 5.69 Å². The van der Waals surface area contributed by atoms with E-state index < -0.39 is 5.97 Å². The van der Waals surface area contributed by atoms with E-state index in [2.05, 4.69) is 11.4 Å². The van der Waals surface area contributed by atoms with Gasteiger partial charge in [-0.25, -0.2) is 4.79 Å². The summed E-state index contributed by atoms with van der Waals surface area (Å²) in [5.41, 5.74) is 3.48. The van der Waals surface area contributed by atoms with Crippen LogP contribution < -0.4 is 10.1 Å². The highest BCUT2D eigenvalue weighted by atomic mass is 16.5. The first-order chi connectivity index (χ1) is 13.7. The van der Waals surface area contributed by atoms with Gasteiger partial charge in [0.15, 0.2) is 6.61 Å². The van der Waals surface area contributed by atoms with Crippen LogP contribution in [0.3, 0.4) is 0 Å². The summed E-state index contributed by atoms with van der Waals surface area (Å²) in [6, 6.07) is 15.6. The molecule has 142 valence electrons. The van der Waals surface area contributed by atoms with E-state index in [9.17, 15) is 9.90 Å². The fourth-order valence-electron chi connectivity index (χ4n) is 5.91. The van der Waals surface area contributed by atoms with Gasteiger partial charge in [0, 0.05) is 0 Å². The lowest BCUT2D eigenvalue weighted by atomic mass is 9.67. The van der Waals surface area contributed by atoms with E-state index in [-0.39, 0.29) is 12.6 Å². The van der Waals surface area contributed by atoms with Crippen molar-refractivity contribution in [2.45, 2.75) is 31.2 Å². The minimum absolute atomic E-state index is 0.0326. The minimum Gasteiger partial charge on any atom is -0.479 e. The highest BCUT2D eigenvalue weighted by Gasteiger charge is 2.54. The zero-order valence-electron chi connectivity index (χ0n) is 15.5. The number of benzene rings is 2. The lowest BCUT2D eigenvalue weighted by Gasteiger charge is -2.44. The van der Waals surface area contributed by atoms with E-state index in [1.165, 1.54) is 24.8 Å². The van der Waals surface area contributed by atoms with Gasteiger partial charge in [0.05, 0.1) is 17.3 Å². The summed E-state index contributed by atoms with van der Waals surface area (Å²) >= 11 is 0. The monoisotopic (exact) mass is 374 g/mol. The third-order valence-electron chi connectivity index (χ3n) is 6.89. The smallest absolute Gasteiger partial charge is 0.337 e. The molecule has 5 rings (SSSR count). The van der Waals surface area contributed by atoms with Crippen LogP contribution >= 0.6 is 0 Å². The van der Waals surface area contributed by atoms with Crippen LogP contribution in [0, 0.1) is 29.1 Å². The second-order valence-electron chi connectivity index (χ2n) is 8.15. The largest absolute Gasteiger partial charge is 0.479 e. The molecule has 5 atom stereocenters. The van der Waals surface area contributed by atoms with E-state index in [0.29, 0.717) is 35.0 Å². The van der Waals surface area contributed by atoms with Gasteiger partial charge in [0.1, 0.15) is 11.8 Å². The van der Waals surface area contributed by atoms with Crippen molar-refractivity contribution in [3.05, 3.63) is 59.2 Å². The van der Waals surface area contributed by atoms with Gasteiger partial charge in [-0.2, -0.15) is 5.26 Å². The molecule has 3 aliphatic rings. The molecular weight excluding hydrogens is 352 g/mol. The Balaban J connectivity index is 1.56. The second-order valence-corrected chi connectivity index (χ2v) is 8.15. The molecule has 2 N–H and O–H groups in total. The van der Waals surface area contributed by atoms with Crippen LogP contribution in [-0.4, -0.2) is 17.7 Å². The number of carbonyl (C=O) groups is 1. The van der Waals surface area contributed by atoms with Crippen molar-refractivity contribution < 1.29 is 14.6 Å². The summed E-state index contributed by atoms with van der Waals surface area (Å²) in [5, 5.41) is 22.0. The SMILES string of the molecule is N#CCOc1ccc(C2Nc3c(C(=O)O)cccc3C3C4CCC(C4)C23)cc1. The Morgan fingerprint density at radius 2 is 1.96 bits per heavy atom. The van der Waals surface area contributed by atoms with Crippen molar-refractivity contribution in [3.8, 4) is 11.8 Å². The van der Waals surface area contributed by atoms with Crippen molar-refractivity contribution in [3.63, 3.8) is 0 Å². The number of ether oxygens (including phenoxy) is 1. The molecule has 2 saturated carbocycles. The Bertz CT molecular complexity index is 963. The quantitative estimate of drug-likeness (QED) is 0.818. The van der Waals surface area contributed by atoms with Gasteiger partial charge >= 0.3 is 5.97 Å². The van der Waals surface area contributed by atoms with Crippen LogP contribution in [0.15, 0.2) is 42.5 Å². The number of rotatable bonds is 4.